The van der Waals surface area contributed by atoms with Crippen molar-refractivity contribution in [3.63, 3.8) is 0 Å². The molecule has 0 aromatic carbocycles. The van der Waals surface area contributed by atoms with E-state index >= 15 is 0 Å². The first-order chi connectivity index (χ1) is 15.2. The van der Waals surface area contributed by atoms with Crippen LogP contribution in [0.3, 0.4) is 0 Å². The van der Waals surface area contributed by atoms with Crippen LogP contribution in [0.2, 0.25) is 0 Å². The standard InChI is InChI=1S/C22H31F3N4O4/c1-6-13(30)26-17(10(2)3)28-18(31)16-14-12(21(14,4)5)9-29(16)19(32)15(11-7-8-11)27-20(33)22(23,24)25/h6,10-12,14-17H,1,7-9H2,2-5H3,(H,26,30)(H,27,33)(H,28,31)/t12-,14-,15?,16-,17?/m0/s1. The van der Waals surface area contributed by atoms with Crippen LogP contribution in [0.5, 0.6) is 0 Å². The largest absolute Gasteiger partial charge is 0.471 e. The first kappa shape index (κ1) is 25.0. The number of halogens is 3. The summed E-state index contributed by atoms with van der Waals surface area (Å²) in [4.78, 5) is 51.2. The molecule has 1 heterocycles. The molecule has 3 rings (SSSR count). The zero-order valence-corrected chi connectivity index (χ0v) is 19.2. The molecule has 3 N–H and O–H groups in total. The number of amides is 4. The van der Waals surface area contributed by atoms with E-state index in [1.54, 1.807) is 13.8 Å². The maximum absolute atomic E-state index is 13.3. The molecule has 1 aliphatic heterocycles. The number of nitrogens with zero attached hydrogens (tertiary/aromatic N) is 1. The second-order valence-electron chi connectivity index (χ2n) is 10.1. The lowest BCUT2D eigenvalue weighted by molar-refractivity contribution is -0.175. The Labute approximate surface area is 190 Å². The van der Waals surface area contributed by atoms with Crippen LogP contribution in [0.4, 0.5) is 13.2 Å². The van der Waals surface area contributed by atoms with Gasteiger partial charge in [0.1, 0.15) is 18.2 Å². The number of nitrogens with one attached hydrogen (secondary N) is 3. The summed E-state index contributed by atoms with van der Waals surface area (Å²) in [5.74, 6) is -4.48. The van der Waals surface area contributed by atoms with Gasteiger partial charge < -0.3 is 20.9 Å². The molecule has 0 radical (unpaired) electrons. The number of rotatable bonds is 8. The van der Waals surface area contributed by atoms with Crippen LogP contribution < -0.4 is 16.0 Å². The lowest BCUT2D eigenvalue weighted by atomic mass is 9.98. The van der Waals surface area contributed by atoms with Gasteiger partial charge in [-0.2, -0.15) is 13.2 Å². The molecule has 0 bridgehead atoms. The monoisotopic (exact) mass is 472 g/mol. The summed E-state index contributed by atoms with van der Waals surface area (Å²) >= 11 is 0. The fraction of sp³-hybridized carbons (Fsp3) is 0.727. The Kier molecular flexibility index (Phi) is 6.56. The van der Waals surface area contributed by atoms with E-state index in [1.807, 2.05) is 19.2 Å². The maximum atomic E-state index is 13.3. The summed E-state index contributed by atoms with van der Waals surface area (Å²) in [5.41, 5.74) is -0.208. The number of likely N-dealkylation sites (tertiary alicyclic amines) is 1. The predicted octanol–water partition coefficient (Wildman–Crippen LogP) is 1.33. The first-order valence-electron chi connectivity index (χ1n) is 11.1. The topological polar surface area (TPSA) is 108 Å². The fourth-order valence-corrected chi connectivity index (χ4v) is 4.85. The summed E-state index contributed by atoms with van der Waals surface area (Å²) in [6.45, 7) is 11.2. The molecule has 0 aromatic rings. The molecule has 8 nitrogen and oxygen atoms in total. The van der Waals surface area contributed by atoms with Crippen molar-refractivity contribution in [2.45, 2.75) is 65.0 Å². The average Bonchev–Trinajstić information content (AvgIpc) is 3.58. The van der Waals surface area contributed by atoms with Crippen LogP contribution in [-0.4, -0.2) is 59.5 Å². The molecule has 4 amide bonds. The van der Waals surface area contributed by atoms with Crippen molar-refractivity contribution in [2.24, 2.45) is 29.1 Å². The van der Waals surface area contributed by atoms with Crippen LogP contribution in [0.15, 0.2) is 12.7 Å². The molecule has 2 aliphatic carbocycles. The Morgan fingerprint density at radius 3 is 2.18 bits per heavy atom. The first-order valence-corrected chi connectivity index (χ1v) is 11.1. The SMILES string of the molecule is C=CC(=O)NC(NC(=O)[C@@H]1[C@@H]2[C@H](CN1C(=O)C(NC(=O)C(F)(F)F)C1CC1)C2(C)C)C(C)C. The normalized spacial score (nSPS) is 27.3. The second kappa shape index (κ2) is 8.64. The van der Waals surface area contributed by atoms with E-state index in [0.29, 0.717) is 12.8 Å². The molecule has 184 valence electrons. The van der Waals surface area contributed by atoms with Crippen molar-refractivity contribution in [3.8, 4) is 0 Å². The zero-order valence-electron chi connectivity index (χ0n) is 19.2. The number of fused-ring (bicyclic) bond motifs is 1. The molecule has 3 fully saturated rings. The van der Waals surface area contributed by atoms with Gasteiger partial charge in [-0.15, -0.1) is 0 Å². The van der Waals surface area contributed by atoms with Crippen molar-refractivity contribution in [2.75, 3.05) is 6.54 Å². The number of alkyl halides is 3. The minimum absolute atomic E-state index is 0.0237. The Bertz CT molecular complexity index is 853. The van der Waals surface area contributed by atoms with Gasteiger partial charge in [-0.1, -0.05) is 34.3 Å². The van der Waals surface area contributed by atoms with Gasteiger partial charge in [0.2, 0.25) is 17.7 Å². The molecule has 1 saturated heterocycles. The van der Waals surface area contributed by atoms with Gasteiger partial charge in [-0.05, 0) is 48.0 Å². The van der Waals surface area contributed by atoms with E-state index in [-0.39, 0.29) is 35.6 Å². The highest BCUT2D eigenvalue weighted by Gasteiger charge is 2.70. The molecule has 0 spiro atoms. The second-order valence-corrected chi connectivity index (χ2v) is 10.1. The predicted molar refractivity (Wildman–Crippen MR) is 112 cm³/mol. The van der Waals surface area contributed by atoms with Crippen molar-refractivity contribution < 1.29 is 32.3 Å². The smallest absolute Gasteiger partial charge is 0.336 e. The average molecular weight is 473 g/mol. The Morgan fingerprint density at radius 1 is 1.09 bits per heavy atom. The molecule has 11 heteroatoms. The Balaban J connectivity index is 1.80. The summed E-state index contributed by atoms with van der Waals surface area (Å²) in [6, 6.07) is -2.22. The quantitative estimate of drug-likeness (QED) is 0.366. The van der Waals surface area contributed by atoms with E-state index in [0.717, 1.165) is 6.08 Å². The zero-order chi connectivity index (χ0) is 24.9. The highest BCUT2D eigenvalue weighted by molar-refractivity contribution is 5.95. The Morgan fingerprint density at radius 2 is 1.70 bits per heavy atom. The minimum Gasteiger partial charge on any atom is -0.336 e. The van der Waals surface area contributed by atoms with Crippen LogP contribution in [0, 0.1) is 29.1 Å². The lowest BCUT2D eigenvalue weighted by Crippen LogP contribution is -2.60. The van der Waals surface area contributed by atoms with Crippen molar-refractivity contribution >= 4 is 23.6 Å². The number of hydrogen-bond acceptors (Lipinski definition) is 4. The van der Waals surface area contributed by atoms with E-state index < -0.39 is 48.1 Å². The minimum atomic E-state index is -5.10. The molecule has 2 saturated carbocycles. The maximum Gasteiger partial charge on any atom is 0.471 e. The van der Waals surface area contributed by atoms with Gasteiger partial charge in [0.05, 0.1) is 0 Å². The van der Waals surface area contributed by atoms with Crippen molar-refractivity contribution in [1.82, 2.24) is 20.9 Å². The van der Waals surface area contributed by atoms with Crippen LogP contribution in [-0.2, 0) is 19.2 Å². The molecular weight excluding hydrogens is 441 g/mol. The van der Waals surface area contributed by atoms with Gasteiger partial charge >= 0.3 is 12.1 Å². The molecule has 0 aromatic heterocycles. The lowest BCUT2D eigenvalue weighted by Gasteiger charge is -2.34. The van der Waals surface area contributed by atoms with Crippen molar-refractivity contribution in [3.05, 3.63) is 12.7 Å². The van der Waals surface area contributed by atoms with Crippen LogP contribution in [0.1, 0.15) is 40.5 Å². The molecule has 33 heavy (non-hydrogen) atoms. The number of piperidine rings is 1. The van der Waals surface area contributed by atoms with Gasteiger partial charge in [0.25, 0.3) is 0 Å². The molecule has 3 aliphatic rings. The number of hydrogen-bond donors (Lipinski definition) is 3. The third kappa shape index (κ3) is 5.01. The van der Waals surface area contributed by atoms with E-state index in [1.165, 1.54) is 4.90 Å². The highest BCUT2D eigenvalue weighted by atomic mass is 19.4. The number of carbonyl (C=O) groups excluding carboxylic acids is 4. The van der Waals surface area contributed by atoms with E-state index in [2.05, 4.69) is 17.2 Å². The summed E-state index contributed by atoms with van der Waals surface area (Å²) < 4.78 is 38.5. The van der Waals surface area contributed by atoms with E-state index in [4.69, 9.17) is 0 Å². The van der Waals surface area contributed by atoms with Gasteiger partial charge in [-0.25, -0.2) is 0 Å². The van der Waals surface area contributed by atoms with Crippen LogP contribution in [0.25, 0.3) is 0 Å². The van der Waals surface area contributed by atoms with Crippen molar-refractivity contribution in [1.29, 1.82) is 0 Å². The third-order valence-electron chi connectivity index (χ3n) is 7.11. The molecule has 5 atom stereocenters. The summed E-state index contributed by atoms with van der Waals surface area (Å²) in [6.07, 6.45) is -3.68. The van der Waals surface area contributed by atoms with Crippen LogP contribution >= 0.6 is 0 Å². The third-order valence-corrected chi connectivity index (χ3v) is 7.11. The van der Waals surface area contributed by atoms with Gasteiger partial charge in [0, 0.05) is 6.54 Å². The van der Waals surface area contributed by atoms with Gasteiger partial charge in [0.15, 0.2) is 0 Å². The summed E-state index contributed by atoms with van der Waals surface area (Å²) in [7, 11) is 0. The summed E-state index contributed by atoms with van der Waals surface area (Å²) in [5, 5.41) is 7.25. The molecule has 2 unspecified atom stereocenters. The number of carbonyl (C=O) groups is 4. The van der Waals surface area contributed by atoms with Gasteiger partial charge in [-0.3, -0.25) is 19.2 Å². The van der Waals surface area contributed by atoms with E-state index in [9.17, 15) is 32.3 Å². The molecular formula is C22H31F3N4O4. The fourth-order valence-electron chi connectivity index (χ4n) is 4.85. The Hall–Kier alpha value is -2.59. The highest BCUT2D eigenvalue weighted by Crippen LogP contribution is 2.65.